The van der Waals surface area contributed by atoms with Crippen LogP contribution in [0.4, 0.5) is 0 Å². The second-order valence-electron chi connectivity index (χ2n) is 5.46. The lowest BCUT2D eigenvalue weighted by Crippen LogP contribution is -2.28. The van der Waals surface area contributed by atoms with Gasteiger partial charge in [0, 0.05) is 11.1 Å². The van der Waals surface area contributed by atoms with Gasteiger partial charge in [-0.3, -0.25) is 0 Å². The minimum absolute atomic E-state index is 0.396. The molecular formula is C17H29ClN2. The van der Waals surface area contributed by atoms with Crippen LogP contribution >= 0.6 is 11.6 Å². The third-order valence-electron chi connectivity index (χ3n) is 3.64. The number of hydrogen-bond donors (Lipinski definition) is 1. The fraction of sp³-hybridized carbons (Fsp3) is 0.647. The fourth-order valence-corrected chi connectivity index (χ4v) is 2.65. The van der Waals surface area contributed by atoms with E-state index in [-0.39, 0.29) is 0 Å². The van der Waals surface area contributed by atoms with Gasteiger partial charge in [-0.05, 0) is 57.2 Å². The lowest BCUT2D eigenvalue weighted by molar-refractivity contribution is 0.301. The van der Waals surface area contributed by atoms with Crippen LogP contribution in [-0.4, -0.2) is 31.6 Å². The van der Waals surface area contributed by atoms with Crippen molar-refractivity contribution in [2.75, 3.05) is 26.7 Å². The molecule has 0 radical (unpaired) electrons. The van der Waals surface area contributed by atoms with Crippen molar-refractivity contribution < 1.29 is 0 Å². The maximum absolute atomic E-state index is 6.10. The SMILES string of the molecule is CCCCCN(C)CCC(NCC)c1cccc(Cl)c1. The van der Waals surface area contributed by atoms with E-state index in [1.54, 1.807) is 0 Å². The van der Waals surface area contributed by atoms with Crippen LogP contribution in [0.15, 0.2) is 24.3 Å². The first kappa shape index (κ1) is 17.5. The Morgan fingerprint density at radius 2 is 2.00 bits per heavy atom. The second kappa shape index (κ2) is 10.2. The maximum Gasteiger partial charge on any atom is 0.0409 e. The van der Waals surface area contributed by atoms with E-state index >= 15 is 0 Å². The molecule has 1 aromatic rings. The average Bonchev–Trinajstić information content (AvgIpc) is 2.43. The molecule has 0 saturated carbocycles. The van der Waals surface area contributed by atoms with E-state index in [4.69, 9.17) is 11.6 Å². The lowest BCUT2D eigenvalue weighted by atomic mass is 10.0. The van der Waals surface area contributed by atoms with Crippen LogP contribution in [0.2, 0.25) is 5.02 Å². The van der Waals surface area contributed by atoms with Gasteiger partial charge in [-0.2, -0.15) is 0 Å². The van der Waals surface area contributed by atoms with Gasteiger partial charge in [-0.15, -0.1) is 0 Å². The predicted molar refractivity (Wildman–Crippen MR) is 89.5 cm³/mol. The summed E-state index contributed by atoms with van der Waals surface area (Å²) in [4.78, 5) is 2.44. The number of rotatable bonds is 10. The van der Waals surface area contributed by atoms with E-state index in [9.17, 15) is 0 Å². The number of nitrogens with one attached hydrogen (secondary N) is 1. The van der Waals surface area contributed by atoms with Gasteiger partial charge in [0.25, 0.3) is 0 Å². The molecule has 0 bridgehead atoms. The molecule has 1 unspecified atom stereocenters. The van der Waals surface area contributed by atoms with Crippen molar-refractivity contribution in [3.63, 3.8) is 0 Å². The molecule has 2 nitrogen and oxygen atoms in total. The maximum atomic E-state index is 6.10. The van der Waals surface area contributed by atoms with Crippen molar-refractivity contribution in [3.05, 3.63) is 34.9 Å². The number of halogens is 1. The van der Waals surface area contributed by atoms with Gasteiger partial charge < -0.3 is 10.2 Å². The molecule has 0 aromatic heterocycles. The molecule has 0 amide bonds. The Kier molecular flexibility index (Phi) is 8.92. The van der Waals surface area contributed by atoms with E-state index in [0.29, 0.717) is 6.04 Å². The Balaban J connectivity index is 2.46. The molecule has 1 rings (SSSR count). The van der Waals surface area contributed by atoms with Crippen LogP contribution in [0, 0.1) is 0 Å². The van der Waals surface area contributed by atoms with E-state index in [1.807, 2.05) is 12.1 Å². The molecule has 0 aliphatic heterocycles. The molecule has 0 heterocycles. The third kappa shape index (κ3) is 6.74. The quantitative estimate of drug-likeness (QED) is 0.639. The van der Waals surface area contributed by atoms with Crippen molar-refractivity contribution in [3.8, 4) is 0 Å². The van der Waals surface area contributed by atoms with Crippen LogP contribution in [0.3, 0.4) is 0 Å². The van der Waals surface area contributed by atoms with E-state index in [1.165, 1.54) is 31.4 Å². The van der Waals surface area contributed by atoms with Gasteiger partial charge in [0.1, 0.15) is 0 Å². The standard InChI is InChI=1S/C17H29ClN2/c1-4-6-7-12-20(3)13-11-17(19-5-2)15-9-8-10-16(18)14-15/h8-10,14,17,19H,4-7,11-13H2,1-3H3. The molecular weight excluding hydrogens is 268 g/mol. The van der Waals surface area contributed by atoms with Crippen molar-refractivity contribution >= 4 is 11.6 Å². The Labute approximate surface area is 129 Å². The van der Waals surface area contributed by atoms with Gasteiger partial charge in [0.05, 0.1) is 0 Å². The Morgan fingerprint density at radius 1 is 1.20 bits per heavy atom. The van der Waals surface area contributed by atoms with Gasteiger partial charge in [-0.1, -0.05) is 50.4 Å². The predicted octanol–water partition coefficient (Wildman–Crippen LogP) is 4.50. The van der Waals surface area contributed by atoms with Gasteiger partial charge in [0.2, 0.25) is 0 Å². The van der Waals surface area contributed by atoms with Crippen molar-refractivity contribution in [2.24, 2.45) is 0 Å². The van der Waals surface area contributed by atoms with E-state index in [0.717, 1.165) is 24.5 Å². The summed E-state index contributed by atoms with van der Waals surface area (Å²) in [6, 6.07) is 8.60. The van der Waals surface area contributed by atoms with Crippen LogP contribution < -0.4 is 5.32 Å². The summed E-state index contributed by atoms with van der Waals surface area (Å²) in [5.74, 6) is 0. The highest BCUT2D eigenvalue weighted by Crippen LogP contribution is 2.20. The highest BCUT2D eigenvalue weighted by Gasteiger charge is 2.11. The number of nitrogens with zero attached hydrogens (tertiary/aromatic N) is 1. The molecule has 20 heavy (non-hydrogen) atoms. The zero-order chi connectivity index (χ0) is 14.8. The summed E-state index contributed by atoms with van der Waals surface area (Å²) in [5.41, 5.74) is 1.29. The largest absolute Gasteiger partial charge is 0.310 e. The smallest absolute Gasteiger partial charge is 0.0409 e. The normalized spacial score (nSPS) is 12.8. The minimum Gasteiger partial charge on any atom is -0.310 e. The van der Waals surface area contributed by atoms with Gasteiger partial charge in [-0.25, -0.2) is 0 Å². The Hall–Kier alpha value is -0.570. The minimum atomic E-state index is 0.396. The lowest BCUT2D eigenvalue weighted by Gasteiger charge is -2.23. The van der Waals surface area contributed by atoms with Gasteiger partial charge in [0.15, 0.2) is 0 Å². The van der Waals surface area contributed by atoms with Crippen LogP contribution in [0.5, 0.6) is 0 Å². The molecule has 0 fully saturated rings. The summed E-state index contributed by atoms with van der Waals surface area (Å²) in [6.45, 7) is 7.70. The van der Waals surface area contributed by atoms with Crippen LogP contribution in [0.1, 0.15) is 51.1 Å². The summed E-state index contributed by atoms with van der Waals surface area (Å²) in [5, 5.41) is 4.38. The Bertz CT molecular complexity index is 368. The molecule has 0 saturated heterocycles. The summed E-state index contributed by atoms with van der Waals surface area (Å²) < 4.78 is 0. The topological polar surface area (TPSA) is 15.3 Å². The van der Waals surface area contributed by atoms with Gasteiger partial charge >= 0.3 is 0 Å². The molecule has 0 aliphatic rings. The fourth-order valence-electron chi connectivity index (χ4n) is 2.45. The zero-order valence-corrected chi connectivity index (χ0v) is 13.9. The molecule has 114 valence electrons. The first-order valence-corrected chi connectivity index (χ1v) is 8.22. The molecule has 1 N–H and O–H groups in total. The molecule has 1 atom stereocenters. The molecule has 0 spiro atoms. The summed E-state index contributed by atoms with van der Waals surface area (Å²) in [7, 11) is 2.22. The Morgan fingerprint density at radius 3 is 2.65 bits per heavy atom. The van der Waals surface area contributed by atoms with Crippen LogP contribution in [-0.2, 0) is 0 Å². The first-order valence-electron chi connectivity index (χ1n) is 7.84. The highest BCUT2D eigenvalue weighted by atomic mass is 35.5. The van der Waals surface area contributed by atoms with E-state index < -0.39 is 0 Å². The number of hydrogen-bond acceptors (Lipinski definition) is 2. The van der Waals surface area contributed by atoms with Crippen LogP contribution in [0.25, 0.3) is 0 Å². The summed E-state index contributed by atoms with van der Waals surface area (Å²) >= 11 is 6.10. The third-order valence-corrected chi connectivity index (χ3v) is 3.88. The second-order valence-corrected chi connectivity index (χ2v) is 5.90. The number of benzene rings is 1. The van der Waals surface area contributed by atoms with Crippen molar-refractivity contribution in [1.29, 1.82) is 0 Å². The molecule has 0 aliphatic carbocycles. The first-order chi connectivity index (χ1) is 9.67. The highest BCUT2D eigenvalue weighted by molar-refractivity contribution is 6.30. The molecule has 1 aromatic carbocycles. The van der Waals surface area contributed by atoms with Crippen molar-refractivity contribution in [1.82, 2.24) is 10.2 Å². The zero-order valence-electron chi connectivity index (χ0n) is 13.2. The molecule has 3 heteroatoms. The number of unbranched alkanes of at least 4 members (excludes halogenated alkanes) is 2. The van der Waals surface area contributed by atoms with Crippen molar-refractivity contribution in [2.45, 2.75) is 45.6 Å². The van der Waals surface area contributed by atoms with E-state index in [2.05, 4.69) is 43.2 Å². The average molecular weight is 297 g/mol. The summed E-state index contributed by atoms with van der Waals surface area (Å²) in [6.07, 6.45) is 5.04. The monoisotopic (exact) mass is 296 g/mol.